The largest absolute Gasteiger partial charge is 0.459 e. The molecule has 2 aromatic carbocycles. The Kier molecular flexibility index (Phi) is 6.63. The SMILES string of the molecule is N#Cc1ccc(CN2CCCN(C(=O)c3cccc(NC(=O)c4ccco4)c3)CC2)cc1. The number of nitriles is 1. The van der Waals surface area contributed by atoms with Gasteiger partial charge in [0, 0.05) is 44.0 Å². The van der Waals surface area contributed by atoms with Crippen molar-refractivity contribution < 1.29 is 14.0 Å². The van der Waals surface area contributed by atoms with Gasteiger partial charge in [-0.2, -0.15) is 5.26 Å². The molecule has 1 aromatic heterocycles. The molecule has 1 N–H and O–H groups in total. The van der Waals surface area contributed by atoms with Gasteiger partial charge in [-0.25, -0.2) is 0 Å². The molecule has 0 bridgehead atoms. The van der Waals surface area contributed by atoms with Crippen LogP contribution in [-0.4, -0.2) is 47.8 Å². The first kappa shape index (κ1) is 21.3. The van der Waals surface area contributed by atoms with Crippen molar-refractivity contribution >= 4 is 17.5 Å². The van der Waals surface area contributed by atoms with E-state index in [0.29, 0.717) is 29.9 Å². The highest BCUT2D eigenvalue weighted by Crippen LogP contribution is 2.17. The maximum atomic E-state index is 13.1. The first-order valence-corrected chi connectivity index (χ1v) is 10.6. The third-order valence-electron chi connectivity index (χ3n) is 5.48. The Morgan fingerprint density at radius 2 is 1.84 bits per heavy atom. The number of carbonyl (C=O) groups excluding carboxylic acids is 2. The van der Waals surface area contributed by atoms with Crippen molar-refractivity contribution in [1.82, 2.24) is 9.80 Å². The number of anilines is 1. The van der Waals surface area contributed by atoms with Gasteiger partial charge in [0.05, 0.1) is 17.9 Å². The van der Waals surface area contributed by atoms with Crippen LogP contribution in [0.2, 0.25) is 0 Å². The number of furan rings is 1. The van der Waals surface area contributed by atoms with Crippen LogP contribution in [0.3, 0.4) is 0 Å². The third-order valence-corrected chi connectivity index (χ3v) is 5.48. The summed E-state index contributed by atoms with van der Waals surface area (Å²) in [5.74, 6) is -0.177. The molecule has 4 rings (SSSR count). The third kappa shape index (κ3) is 5.23. The average molecular weight is 428 g/mol. The van der Waals surface area contributed by atoms with E-state index < -0.39 is 0 Å². The lowest BCUT2D eigenvalue weighted by molar-refractivity contribution is 0.0760. The van der Waals surface area contributed by atoms with Crippen molar-refractivity contribution in [2.24, 2.45) is 0 Å². The first-order valence-electron chi connectivity index (χ1n) is 10.6. The molecule has 0 radical (unpaired) electrons. The summed E-state index contributed by atoms with van der Waals surface area (Å²) in [6.45, 7) is 3.80. The van der Waals surface area contributed by atoms with Crippen LogP contribution >= 0.6 is 0 Å². The number of hydrogen-bond acceptors (Lipinski definition) is 5. The quantitative estimate of drug-likeness (QED) is 0.669. The molecule has 1 aliphatic rings. The van der Waals surface area contributed by atoms with E-state index in [2.05, 4.69) is 16.3 Å². The predicted octanol–water partition coefficient (Wildman–Crippen LogP) is 3.75. The van der Waals surface area contributed by atoms with Gasteiger partial charge < -0.3 is 14.6 Å². The lowest BCUT2D eigenvalue weighted by Crippen LogP contribution is -2.35. The van der Waals surface area contributed by atoms with Gasteiger partial charge in [0.15, 0.2) is 5.76 Å². The van der Waals surface area contributed by atoms with Crippen molar-refractivity contribution in [3.8, 4) is 6.07 Å². The molecule has 162 valence electrons. The summed E-state index contributed by atoms with van der Waals surface area (Å²) < 4.78 is 5.11. The van der Waals surface area contributed by atoms with Gasteiger partial charge in [-0.05, 0) is 54.4 Å². The molecule has 1 saturated heterocycles. The minimum absolute atomic E-state index is 0.0423. The molecule has 7 heteroatoms. The Labute approximate surface area is 186 Å². The number of hydrogen-bond donors (Lipinski definition) is 1. The lowest BCUT2D eigenvalue weighted by Gasteiger charge is -2.22. The van der Waals surface area contributed by atoms with Crippen molar-refractivity contribution in [3.63, 3.8) is 0 Å². The Morgan fingerprint density at radius 1 is 1.00 bits per heavy atom. The van der Waals surface area contributed by atoms with Crippen molar-refractivity contribution in [3.05, 3.63) is 89.4 Å². The molecule has 0 saturated carbocycles. The highest BCUT2D eigenvalue weighted by atomic mass is 16.3. The molecule has 3 aromatic rings. The first-order chi connectivity index (χ1) is 15.6. The van der Waals surface area contributed by atoms with Crippen LogP contribution in [0, 0.1) is 11.3 Å². The normalized spacial score (nSPS) is 14.4. The van der Waals surface area contributed by atoms with Crippen LogP contribution in [0.25, 0.3) is 0 Å². The Balaban J connectivity index is 1.36. The second kappa shape index (κ2) is 9.94. The van der Waals surface area contributed by atoms with Crippen LogP contribution in [0.5, 0.6) is 0 Å². The monoisotopic (exact) mass is 428 g/mol. The van der Waals surface area contributed by atoms with Gasteiger partial charge in [0.25, 0.3) is 11.8 Å². The van der Waals surface area contributed by atoms with E-state index in [1.54, 1.807) is 36.4 Å². The molecule has 1 fully saturated rings. The van der Waals surface area contributed by atoms with Gasteiger partial charge in [-0.1, -0.05) is 18.2 Å². The number of nitrogens with one attached hydrogen (secondary N) is 1. The van der Waals surface area contributed by atoms with E-state index in [1.165, 1.54) is 6.26 Å². The van der Waals surface area contributed by atoms with Crippen LogP contribution in [0.15, 0.2) is 71.3 Å². The molecular weight excluding hydrogens is 404 g/mol. The number of rotatable bonds is 5. The fraction of sp³-hybridized carbons (Fsp3) is 0.240. The van der Waals surface area contributed by atoms with E-state index in [-0.39, 0.29) is 17.6 Å². The fourth-order valence-electron chi connectivity index (χ4n) is 3.79. The average Bonchev–Trinajstić information content (AvgIpc) is 3.27. The summed E-state index contributed by atoms with van der Waals surface area (Å²) >= 11 is 0. The molecule has 0 spiro atoms. The fourth-order valence-corrected chi connectivity index (χ4v) is 3.79. The molecule has 0 unspecified atom stereocenters. The lowest BCUT2D eigenvalue weighted by atomic mass is 10.1. The summed E-state index contributed by atoms with van der Waals surface area (Å²) in [7, 11) is 0. The van der Waals surface area contributed by atoms with Gasteiger partial charge in [0.2, 0.25) is 0 Å². The Hall–Kier alpha value is -3.89. The highest BCUT2D eigenvalue weighted by molar-refractivity contribution is 6.03. The van der Waals surface area contributed by atoms with Gasteiger partial charge in [-0.15, -0.1) is 0 Å². The highest BCUT2D eigenvalue weighted by Gasteiger charge is 2.21. The standard InChI is InChI=1S/C25H24N4O3/c26-17-19-7-9-20(10-8-19)18-28-11-3-12-29(14-13-28)25(31)21-4-1-5-22(16-21)27-24(30)23-6-2-15-32-23/h1-2,4-10,15-16H,3,11-14,18H2,(H,27,30). The second-order valence-electron chi connectivity index (χ2n) is 7.74. The molecule has 0 atom stereocenters. The minimum Gasteiger partial charge on any atom is -0.459 e. The summed E-state index contributed by atoms with van der Waals surface area (Å²) in [5, 5.41) is 11.7. The number of nitrogens with zero attached hydrogens (tertiary/aromatic N) is 3. The number of amides is 2. The summed E-state index contributed by atoms with van der Waals surface area (Å²) in [6, 6.07) is 20.0. The van der Waals surface area contributed by atoms with Gasteiger partial charge in [-0.3, -0.25) is 14.5 Å². The van der Waals surface area contributed by atoms with Crippen LogP contribution in [0.1, 0.15) is 38.5 Å². The summed E-state index contributed by atoms with van der Waals surface area (Å²) in [5.41, 5.74) is 2.91. The van der Waals surface area contributed by atoms with E-state index in [4.69, 9.17) is 9.68 Å². The maximum Gasteiger partial charge on any atom is 0.291 e. The molecule has 1 aliphatic heterocycles. The van der Waals surface area contributed by atoms with E-state index in [1.807, 2.05) is 29.2 Å². The van der Waals surface area contributed by atoms with Crippen molar-refractivity contribution in [2.75, 3.05) is 31.5 Å². The predicted molar refractivity (Wildman–Crippen MR) is 120 cm³/mol. The smallest absolute Gasteiger partial charge is 0.291 e. The zero-order valence-electron chi connectivity index (χ0n) is 17.7. The topological polar surface area (TPSA) is 89.6 Å². The van der Waals surface area contributed by atoms with Gasteiger partial charge in [0.1, 0.15) is 0 Å². The molecule has 2 heterocycles. The molecule has 7 nitrogen and oxygen atoms in total. The van der Waals surface area contributed by atoms with E-state index in [9.17, 15) is 9.59 Å². The van der Waals surface area contributed by atoms with Gasteiger partial charge >= 0.3 is 0 Å². The van der Waals surface area contributed by atoms with Crippen LogP contribution < -0.4 is 5.32 Å². The van der Waals surface area contributed by atoms with Crippen molar-refractivity contribution in [1.29, 1.82) is 5.26 Å². The molecule has 32 heavy (non-hydrogen) atoms. The maximum absolute atomic E-state index is 13.1. The number of carbonyl (C=O) groups is 2. The minimum atomic E-state index is -0.354. The molecule has 2 amide bonds. The van der Waals surface area contributed by atoms with E-state index >= 15 is 0 Å². The molecule has 0 aliphatic carbocycles. The van der Waals surface area contributed by atoms with Crippen molar-refractivity contribution in [2.45, 2.75) is 13.0 Å². The molecular formula is C25H24N4O3. The zero-order chi connectivity index (χ0) is 22.3. The Morgan fingerprint density at radius 3 is 2.59 bits per heavy atom. The second-order valence-corrected chi connectivity index (χ2v) is 7.74. The zero-order valence-corrected chi connectivity index (χ0v) is 17.7. The summed E-state index contributed by atoms with van der Waals surface area (Å²) in [6.07, 6.45) is 2.33. The van der Waals surface area contributed by atoms with E-state index in [0.717, 1.165) is 31.6 Å². The number of benzene rings is 2. The summed E-state index contributed by atoms with van der Waals surface area (Å²) in [4.78, 5) is 29.5. The van der Waals surface area contributed by atoms with Crippen LogP contribution in [0.4, 0.5) is 5.69 Å². The Bertz CT molecular complexity index is 1120. The van der Waals surface area contributed by atoms with Crippen LogP contribution in [-0.2, 0) is 6.54 Å².